The van der Waals surface area contributed by atoms with E-state index in [-0.39, 0.29) is 0 Å². The van der Waals surface area contributed by atoms with Crippen molar-refractivity contribution in [3.05, 3.63) is 18.2 Å². The van der Waals surface area contributed by atoms with Gasteiger partial charge >= 0.3 is 0 Å². The molecule has 0 saturated carbocycles. The van der Waals surface area contributed by atoms with Gasteiger partial charge in [0.2, 0.25) is 0 Å². The molecule has 98 valence electrons. The lowest BCUT2D eigenvalue weighted by molar-refractivity contribution is 0.171. The molecule has 1 unspecified atom stereocenters. The summed E-state index contributed by atoms with van der Waals surface area (Å²) in [7, 11) is 2.16. The fraction of sp³-hybridized carbons (Fsp3) is 0.538. The minimum atomic E-state index is 0.450. The first-order valence-electron chi connectivity index (χ1n) is 6.29. The van der Waals surface area contributed by atoms with Gasteiger partial charge in [-0.1, -0.05) is 0 Å². The van der Waals surface area contributed by atoms with Crippen LogP contribution in [0.3, 0.4) is 0 Å². The highest BCUT2D eigenvalue weighted by molar-refractivity contribution is 8.00. The molecule has 5 heteroatoms. The van der Waals surface area contributed by atoms with Gasteiger partial charge in [-0.15, -0.1) is 11.8 Å². The molecule has 2 aliphatic rings. The highest BCUT2D eigenvalue weighted by Crippen LogP contribution is 2.35. The number of likely N-dealkylation sites (N-methyl/N-ethyl adjacent to an activating group) is 1. The predicted molar refractivity (Wildman–Crippen MR) is 72.6 cm³/mol. The Balaban J connectivity index is 1.69. The number of piperazine rings is 1. The number of thioether (sulfide) groups is 1. The van der Waals surface area contributed by atoms with Crippen LogP contribution < -0.4 is 14.8 Å². The smallest absolute Gasteiger partial charge is 0.162 e. The maximum absolute atomic E-state index is 5.61. The Kier molecular flexibility index (Phi) is 3.63. The number of ether oxygens (including phenoxy) is 2. The molecule has 18 heavy (non-hydrogen) atoms. The van der Waals surface area contributed by atoms with Crippen LogP contribution in [0.25, 0.3) is 0 Å². The first-order valence-corrected chi connectivity index (χ1v) is 7.17. The molecule has 0 aliphatic carbocycles. The second-order valence-electron chi connectivity index (χ2n) is 4.63. The maximum Gasteiger partial charge on any atom is 0.162 e. The second kappa shape index (κ2) is 5.38. The minimum Gasteiger partial charge on any atom is -0.486 e. The van der Waals surface area contributed by atoms with Gasteiger partial charge in [-0.25, -0.2) is 0 Å². The molecule has 0 radical (unpaired) electrons. The molecule has 1 atom stereocenters. The second-order valence-corrected chi connectivity index (χ2v) is 5.90. The zero-order valence-electron chi connectivity index (χ0n) is 10.5. The molecule has 1 saturated heterocycles. The molecule has 1 fully saturated rings. The van der Waals surface area contributed by atoms with Crippen LogP contribution in [0.4, 0.5) is 0 Å². The summed E-state index contributed by atoms with van der Waals surface area (Å²) in [5.74, 6) is 1.73. The van der Waals surface area contributed by atoms with E-state index in [1.165, 1.54) is 4.90 Å². The van der Waals surface area contributed by atoms with Crippen molar-refractivity contribution >= 4 is 11.8 Å². The fourth-order valence-corrected chi connectivity index (χ4v) is 3.38. The van der Waals surface area contributed by atoms with Crippen LogP contribution in [0, 0.1) is 0 Å². The quantitative estimate of drug-likeness (QED) is 0.875. The third kappa shape index (κ3) is 2.74. The number of benzene rings is 1. The summed E-state index contributed by atoms with van der Waals surface area (Å²) in [4.78, 5) is 3.58. The molecule has 2 aliphatic heterocycles. The van der Waals surface area contributed by atoms with E-state index in [2.05, 4.69) is 29.4 Å². The molecule has 0 amide bonds. The first-order chi connectivity index (χ1) is 8.81. The average Bonchev–Trinajstić information content (AvgIpc) is 2.39. The first kappa shape index (κ1) is 12.1. The number of fused-ring (bicyclic) bond motifs is 1. The van der Waals surface area contributed by atoms with E-state index < -0.39 is 0 Å². The molecule has 4 nitrogen and oxygen atoms in total. The Hall–Kier alpha value is -0.910. The maximum atomic E-state index is 5.61. The van der Waals surface area contributed by atoms with Gasteiger partial charge in [-0.3, -0.25) is 0 Å². The Bertz CT molecular complexity index is 427. The molecular formula is C13H18N2O2S. The zero-order valence-corrected chi connectivity index (χ0v) is 11.3. The van der Waals surface area contributed by atoms with E-state index in [9.17, 15) is 0 Å². The highest BCUT2D eigenvalue weighted by atomic mass is 32.2. The van der Waals surface area contributed by atoms with E-state index in [0.717, 1.165) is 31.1 Å². The lowest BCUT2D eigenvalue weighted by Gasteiger charge is -2.30. The van der Waals surface area contributed by atoms with Crippen LogP contribution in [0.15, 0.2) is 23.1 Å². The normalized spacial score (nSPS) is 23.9. The number of hydrogen-bond acceptors (Lipinski definition) is 5. The van der Waals surface area contributed by atoms with Gasteiger partial charge in [-0.05, 0) is 25.2 Å². The molecule has 2 heterocycles. The van der Waals surface area contributed by atoms with Crippen LogP contribution in [0.2, 0.25) is 0 Å². The summed E-state index contributed by atoms with van der Waals surface area (Å²) >= 11 is 1.85. The minimum absolute atomic E-state index is 0.450. The van der Waals surface area contributed by atoms with E-state index >= 15 is 0 Å². The van der Waals surface area contributed by atoms with Crippen molar-refractivity contribution in [2.45, 2.75) is 10.3 Å². The van der Waals surface area contributed by atoms with E-state index in [4.69, 9.17) is 9.47 Å². The third-order valence-corrected chi connectivity index (χ3v) is 4.26. The third-order valence-electron chi connectivity index (χ3n) is 3.14. The summed E-state index contributed by atoms with van der Waals surface area (Å²) in [6.45, 7) is 4.54. The Morgan fingerprint density at radius 3 is 2.94 bits per heavy atom. The topological polar surface area (TPSA) is 33.7 Å². The van der Waals surface area contributed by atoms with Crippen molar-refractivity contribution in [1.82, 2.24) is 10.2 Å². The van der Waals surface area contributed by atoms with Gasteiger partial charge in [0.1, 0.15) is 13.2 Å². The van der Waals surface area contributed by atoms with E-state index in [1.807, 2.05) is 17.8 Å². The molecule has 3 rings (SSSR count). The summed E-state index contributed by atoms with van der Waals surface area (Å²) in [6, 6.07) is 6.19. The van der Waals surface area contributed by atoms with E-state index in [1.54, 1.807) is 0 Å². The molecule has 0 spiro atoms. The van der Waals surface area contributed by atoms with Gasteiger partial charge in [0.15, 0.2) is 11.5 Å². The van der Waals surface area contributed by atoms with Crippen molar-refractivity contribution in [3.63, 3.8) is 0 Å². The number of hydrogen-bond donors (Lipinski definition) is 1. The van der Waals surface area contributed by atoms with Gasteiger partial charge in [0.25, 0.3) is 0 Å². The van der Waals surface area contributed by atoms with Gasteiger partial charge in [0.05, 0.1) is 5.37 Å². The van der Waals surface area contributed by atoms with Crippen molar-refractivity contribution in [1.29, 1.82) is 0 Å². The highest BCUT2D eigenvalue weighted by Gasteiger charge is 2.19. The molecule has 1 aromatic carbocycles. The van der Waals surface area contributed by atoms with Crippen LogP contribution in [0.5, 0.6) is 11.5 Å². The monoisotopic (exact) mass is 266 g/mol. The molecule has 1 aromatic rings. The number of nitrogens with zero attached hydrogens (tertiary/aromatic N) is 1. The Morgan fingerprint density at radius 1 is 1.28 bits per heavy atom. The standard InChI is InChI=1S/C13H18N2O2S/c1-15-5-4-14-13(9-15)18-10-2-3-11-12(8-10)17-7-6-16-11/h2-3,8,13-14H,4-7,9H2,1H3. The van der Waals surface area contributed by atoms with Crippen LogP contribution >= 0.6 is 11.8 Å². The Morgan fingerprint density at radius 2 is 2.11 bits per heavy atom. The predicted octanol–water partition coefficient (Wildman–Crippen LogP) is 1.41. The zero-order chi connectivity index (χ0) is 12.4. The van der Waals surface area contributed by atoms with Crippen LogP contribution in [0.1, 0.15) is 0 Å². The lowest BCUT2D eigenvalue weighted by atomic mass is 10.3. The van der Waals surface area contributed by atoms with Gasteiger partial charge in [-0.2, -0.15) is 0 Å². The largest absolute Gasteiger partial charge is 0.486 e. The van der Waals surface area contributed by atoms with E-state index in [0.29, 0.717) is 18.6 Å². The SMILES string of the molecule is CN1CCNC(Sc2ccc3c(c2)OCCO3)C1. The van der Waals surface area contributed by atoms with Crippen molar-refractivity contribution in [2.24, 2.45) is 0 Å². The summed E-state index contributed by atoms with van der Waals surface area (Å²) in [5, 5.41) is 3.98. The average molecular weight is 266 g/mol. The van der Waals surface area contributed by atoms with Crippen molar-refractivity contribution in [2.75, 3.05) is 39.9 Å². The van der Waals surface area contributed by atoms with Crippen molar-refractivity contribution < 1.29 is 9.47 Å². The Labute approximate surface area is 112 Å². The van der Waals surface area contributed by atoms with Gasteiger partial charge < -0.3 is 19.7 Å². The summed E-state index contributed by atoms with van der Waals surface area (Å²) < 4.78 is 11.1. The van der Waals surface area contributed by atoms with Crippen molar-refractivity contribution in [3.8, 4) is 11.5 Å². The van der Waals surface area contributed by atoms with Gasteiger partial charge in [0, 0.05) is 24.5 Å². The van der Waals surface area contributed by atoms with Crippen LogP contribution in [-0.2, 0) is 0 Å². The number of rotatable bonds is 2. The summed E-state index contributed by atoms with van der Waals surface area (Å²) in [5.41, 5.74) is 0. The fourth-order valence-electron chi connectivity index (χ4n) is 2.20. The van der Waals surface area contributed by atoms with Crippen LogP contribution in [-0.4, -0.2) is 50.2 Å². The lowest BCUT2D eigenvalue weighted by Crippen LogP contribution is -2.47. The molecular weight excluding hydrogens is 248 g/mol. The molecule has 0 aromatic heterocycles. The molecule has 1 N–H and O–H groups in total. The number of nitrogens with one attached hydrogen (secondary N) is 1. The molecule has 0 bridgehead atoms. The summed E-state index contributed by atoms with van der Waals surface area (Å²) in [6.07, 6.45) is 0.